The second-order valence-corrected chi connectivity index (χ2v) is 6.37. The summed E-state index contributed by atoms with van der Waals surface area (Å²) >= 11 is 0. The minimum absolute atomic E-state index is 0.0749. The Bertz CT molecular complexity index is 549. The fraction of sp³-hybridized carbons (Fsp3) is 0.600. The van der Waals surface area contributed by atoms with E-state index in [4.69, 9.17) is 5.73 Å². The summed E-state index contributed by atoms with van der Waals surface area (Å²) in [6, 6.07) is 4.24. The van der Waals surface area contributed by atoms with Crippen LogP contribution < -0.4 is 5.73 Å². The van der Waals surface area contributed by atoms with Crippen LogP contribution in [0.25, 0.3) is 0 Å². The standard InChI is InChI=1S/C15H19FN2O2/c16-13-6-11(2-4-14(13)18(19)20)8-15(9-17)7-10-1-3-12(15)5-10/h2,4,6,10,12H,1,3,5,7-9,17H2. The number of rotatable bonds is 4. The number of nitrogens with two attached hydrogens (primary N) is 1. The van der Waals surface area contributed by atoms with Gasteiger partial charge in [-0.2, -0.15) is 4.39 Å². The minimum Gasteiger partial charge on any atom is -0.330 e. The molecule has 0 amide bonds. The zero-order valence-corrected chi connectivity index (χ0v) is 11.3. The van der Waals surface area contributed by atoms with E-state index in [0.29, 0.717) is 12.5 Å². The topological polar surface area (TPSA) is 69.2 Å². The SMILES string of the molecule is NCC1(Cc2ccc([N+](=O)[O-])c(F)c2)CC2CCC1C2. The number of nitro benzene ring substituents is 1. The molecule has 2 saturated carbocycles. The fourth-order valence-electron chi connectivity index (χ4n) is 4.31. The van der Waals surface area contributed by atoms with E-state index >= 15 is 0 Å². The molecule has 0 radical (unpaired) electrons. The highest BCUT2D eigenvalue weighted by Gasteiger charge is 2.49. The van der Waals surface area contributed by atoms with Gasteiger partial charge in [0, 0.05) is 6.07 Å². The minimum atomic E-state index is -0.747. The van der Waals surface area contributed by atoms with E-state index in [1.54, 1.807) is 6.07 Å². The van der Waals surface area contributed by atoms with Crippen molar-refractivity contribution in [2.75, 3.05) is 6.54 Å². The Balaban J connectivity index is 1.84. The molecule has 0 aromatic heterocycles. The summed E-state index contributed by atoms with van der Waals surface area (Å²) in [4.78, 5) is 9.96. The third kappa shape index (κ3) is 2.10. The maximum atomic E-state index is 13.7. The van der Waals surface area contributed by atoms with E-state index in [2.05, 4.69) is 0 Å². The van der Waals surface area contributed by atoms with Gasteiger partial charge in [-0.1, -0.05) is 12.5 Å². The van der Waals surface area contributed by atoms with Crippen molar-refractivity contribution >= 4 is 5.69 Å². The predicted molar refractivity (Wildman–Crippen MR) is 73.7 cm³/mol. The van der Waals surface area contributed by atoms with Gasteiger partial charge in [0.25, 0.3) is 0 Å². The highest BCUT2D eigenvalue weighted by Crippen LogP contribution is 2.56. The predicted octanol–water partition coefficient (Wildman–Crippen LogP) is 3.04. The number of hydrogen-bond acceptors (Lipinski definition) is 3. The molecule has 0 saturated heterocycles. The first kappa shape index (κ1) is 13.5. The molecular formula is C15H19FN2O2. The van der Waals surface area contributed by atoms with E-state index in [-0.39, 0.29) is 5.41 Å². The Labute approximate surface area is 117 Å². The van der Waals surface area contributed by atoms with Crippen molar-refractivity contribution < 1.29 is 9.31 Å². The Morgan fingerprint density at radius 1 is 1.45 bits per heavy atom. The van der Waals surface area contributed by atoms with E-state index in [9.17, 15) is 14.5 Å². The molecule has 3 unspecified atom stereocenters. The van der Waals surface area contributed by atoms with E-state index < -0.39 is 16.4 Å². The average Bonchev–Trinajstić information content (AvgIpc) is 2.99. The van der Waals surface area contributed by atoms with E-state index in [0.717, 1.165) is 24.3 Å². The van der Waals surface area contributed by atoms with Gasteiger partial charge in [0.15, 0.2) is 0 Å². The summed E-state index contributed by atoms with van der Waals surface area (Å²) in [5.74, 6) is 0.657. The molecule has 0 heterocycles. The Morgan fingerprint density at radius 3 is 2.75 bits per heavy atom. The molecule has 1 aromatic carbocycles. The molecule has 0 spiro atoms. The first-order valence-corrected chi connectivity index (χ1v) is 7.17. The van der Waals surface area contributed by atoms with Crippen LogP contribution in [0.3, 0.4) is 0 Å². The van der Waals surface area contributed by atoms with Crippen molar-refractivity contribution in [1.82, 2.24) is 0 Å². The average molecular weight is 278 g/mol. The van der Waals surface area contributed by atoms with Crippen molar-refractivity contribution in [2.24, 2.45) is 23.0 Å². The highest BCUT2D eigenvalue weighted by molar-refractivity contribution is 5.35. The van der Waals surface area contributed by atoms with Crippen LogP contribution in [0.2, 0.25) is 0 Å². The zero-order chi connectivity index (χ0) is 14.3. The summed E-state index contributed by atoms with van der Waals surface area (Å²) in [5, 5.41) is 10.6. The van der Waals surface area contributed by atoms with Crippen LogP contribution >= 0.6 is 0 Å². The molecule has 3 rings (SSSR count). The molecule has 1 aromatic rings. The van der Waals surface area contributed by atoms with Gasteiger partial charge in [0.05, 0.1) is 4.92 Å². The number of benzene rings is 1. The van der Waals surface area contributed by atoms with E-state index in [1.165, 1.54) is 31.4 Å². The summed E-state index contributed by atoms with van der Waals surface area (Å²) in [7, 11) is 0. The molecule has 0 aliphatic heterocycles. The van der Waals surface area contributed by atoms with Gasteiger partial charge in [0.1, 0.15) is 0 Å². The van der Waals surface area contributed by atoms with Crippen LogP contribution in [0.15, 0.2) is 18.2 Å². The molecule has 2 aliphatic rings. The van der Waals surface area contributed by atoms with Gasteiger partial charge in [-0.15, -0.1) is 0 Å². The number of hydrogen-bond donors (Lipinski definition) is 1. The van der Waals surface area contributed by atoms with Crippen molar-refractivity contribution in [3.8, 4) is 0 Å². The molecule has 20 heavy (non-hydrogen) atoms. The second-order valence-electron chi connectivity index (χ2n) is 6.37. The normalized spacial score (nSPS) is 31.7. The third-order valence-electron chi connectivity index (χ3n) is 5.27. The van der Waals surface area contributed by atoms with Crippen molar-refractivity contribution in [1.29, 1.82) is 0 Å². The Hall–Kier alpha value is -1.49. The lowest BCUT2D eigenvalue weighted by Crippen LogP contribution is -2.37. The van der Waals surface area contributed by atoms with Gasteiger partial charge in [-0.25, -0.2) is 0 Å². The summed E-state index contributed by atoms with van der Waals surface area (Å²) in [6.07, 6.45) is 5.61. The molecule has 3 atom stereocenters. The number of nitro groups is 1. The lowest BCUT2D eigenvalue weighted by molar-refractivity contribution is -0.387. The Kier molecular flexibility index (Phi) is 3.24. The summed E-state index contributed by atoms with van der Waals surface area (Å²) in [6.45, 7) is 0.618. The smallest absolute Gasteiger partial charge is 0.304 e. The molecule has 108 valence electrons. The number of nitrogens with zero attached hydrogens (tertiary/aromatic N) is 1. The van der Waals surface area contributed by atoms with Gasteiger partial charge < -0.3 is 5.73 Å². The Morgan fingerprint density at radius 2 is 2.25 bits per heavy atom. The first-order chi connectivity index (χ1) is 9.54. The molecule has 2 bridgehead atoms. The van der Waals surface area contributed by atoms with Crippen molar-refractivity contribution in [2.45, 2.75) is 32.1 Å². The summed E-state index contributed by atoms with van der Waals surface area (Å²) in [5.41, 5.74) is 6.46. The van der Waals surface area contributed by atoms with Crippen molar-refractivity contribution in [3.05, 3.63) is 39.7 Å². The largest absolute Gasteiger partial charge is 0.330 e. The van der Waals surface area contributed by atoms with Crippen LogP contribution in [0, 0.1) is 33.2 Å². The van der Waals surface area contributed by atoms with Gasteiger partial charge >= 0.3 is 5.69 Å². The maximum absolute atomic E-state index is 13.7. The molecular weight excluding hydrogens is 259 g/mol. The summed E-state index contributed by atoms with van der Waals surface area (Å²) < 4.78 is 13.7. The highest BCUT2D eigenvalue weighted by atomic mass is 19.1. The van der Waals surface area contributed by atoms with Gasteiger partial charge in [-0.3, -0.25) is 10.1 Å². The number of halogens is 1. The second kappa shape index (κ2) is 4.81. The van der Waals surface area contributed by atoms with Gasteiger partial charge in [0.2, 0.25) is 5.82 Å². The lowest BCUT2D eigenvalue weighted by Gasteiger charge is -2.37. The van der Waals surface area contributed by atoms with Crippen LogP contribution in [-0.4, -0.2) is 11.5 Å². The maximum Gasteiger partial charge on any atom is 0.304 e. The van der Waals surface area contributed by atoms with Gasteiger partial charge in [-0.05, 0) is 61.1 Å². The van der Waals surface area contributed by atoms with Crippen LogP contribution in [0.5, 0.6) is 0 Å². The monoisotopic (exact) mass is 278 g/mol. The molecule has 2 fully saturated rings. The lowest BCUT2D eigenvalue weighted by atomic mass is 9.69. The number of fused-ring (bicyclic) bond motifs is 2. The molecule has 5 heteroatoms. The molecule has 2 N–H and O–H groups in total. The molecule has 2 aliphatic carbocycles. The van der Waals surface area contributed by atoms with Crippen LogP contribution in [-0.2, 0) is 6.42 Å². The van der Waals surface area contributed by atoms with Crippen LogP contribution in [0.1, 0.15) is 31.2 Å². The quantitative estimate of drug-likeness (QED) is 0.679. The van der Waals surface area contributed by atoms with Crippen LogP contribution in [0.4, 0.5) is 10.1 Å². The first-order valence-electron chi connectivity index (χ1n) is 7.17. The third-order valence-corrected chi connectivity index (χ3v) is 5.27. The van der Waals surface area contributed by atoms with E-state index in [1.807, 2.05) is 0 Å². The fourth-order valence-corrected chi connectivity index (χ4v) is 4.31. The molecule has 4 nitrogen and oxygen atoms in total. The van der Waals surface area contributed by atoms with Crippen molar-refractivity contribution in [3.63, 3.8) is 0 Å². The zero-order valence-electron chi connectivity index (χ0n) is 11.3.